The number of sulfone groups is 1. The van der Waals surface area contributed by atoms with Crippen molar-refractivity contribution in [3.63, 3.8) is 0 Å². The normalized spacial score (nSPS) is 27.6. The lowest BCUT2D eigenvalue weighted by Crippen LogP contribution is -2.49. The topological polar surface area (TPSA) is 95.6 Å². The Morgan fingerprint density at radius 2 is 2.05 bits per heavy atom. The van der Waals surface area contributed by atoms with Crippen LogP contribution in [0.1, 0.15) is 20.3 Å². The first-order chi connectivity index (χ1) is 8.78. The summed E-state index contributed by atoms with van der Waals surface area (Å²) in [5, 5.41) is 5.21. The molecule has 0 aromatic heterocycles. The molecule has 3 amide bonds. The molecule has 8 heteroatoms. The van der Waals surface area contributed by atoms with Crippen LogP contribution in [0.15, 0.2) is 0 Å². The summed E-state index contributed by atoms with van der Waals surface area (Å²) in [6.45, 7) is 4.18. The first-order valence-electron chi connectivity index (χ1n) is 6.35. The van der Waals surface area contributed by atoms with Crippen molar-refractivity contribution in [2.75, 3.05) is 25.4 Å². The van der Waals surface area contributed by atoms with Crippen LogP contribution < -0.4 is 10.6 Å². The predicted molar refractivity (Wildman–Crippen MR) is 69.4 cm³/mol. The highest BCUT2D eigenvalue weighted by molar-refractivity contribution is 7.92. The Kier molecular flexibility index (Phi) is 3.57. The minimum absolute atomic E-state index is 0.0765. The molecule has 2 rings (SSSR count). The van der Waals surface area contributed by atoms with Gasteiger partial charge in [0, 0.05) is 13.1 Å². The fourth-order valence-corrected chi connectivity index (χ4v) is 3.22. The maximum absolute atomic E-state index is 12.2. The summed E-state index contributed by atoms with van der Waals surface area (Å²) in [5.41, 5.74) is -0.862. The Morgan fingerprint density at radius 1 is 1.37 bits per heavy atom. The van der Waals surface area contributed by atoms with E-state index in [4.69, 9.17) is 0 Å². The van der Waals surface area contributed by atoms with Gasteiger partial charge in [0.1, 0.15) is 5.54 Å². The highest BCUT2D eigenvalue weighted by atomic mass is 32.2. The van der Waals surface area contributed by atoms with Gasteiger partial charge in [-0.25, -0.2) is 13.2 Å². The number of hydrogen-bond donors (Lipinski definition) is 2. The number of rotatable bonds is 4. The second-order valence-electron chi connectivity index (χ2n) is 5.31. The Bertz CT molecular complexity index is 494. The van der Waals surface area contributed by atoms with Crippen LogP contribution in [0.2, 0.25) is 0 Å². The van der Waals surface area contributed by atoms with Crippen molar-refractivity contribution in [2.24, 2.45) is 0 Å². The molecule has 0 aromatic carbocycles. The van der Waals surface area contributed by atoms with Gasteiger partial charge >= 0.3 is 6.03 Å². The molecule has 1 atom stereocenters. The molecular weight excluding hydrogens is 270 g/mol. The van der Waals surface area contributed by atoms with Crippen LogP contribution in [0.4, 0.5) is 4.79 Å². The summed E-state index contributed by atoms with van der Waals surface area (Å²) in [4.78, 5) is 25.1. The highest BCUT2D eigenvalue weighted by Gasteiger charge is 2.52. The third kappa shape index (κ3) is 2.46. The molecule has 0 saturated carbocycles. The molecule has 2 fully saturated rings. The number of amides is 3. The summed E-state index contributed by atoms with van der Waals surface area (Å²) in [7, 11) is -3.26. The molecule has 2 N–H and O–H groups in total. The van der Waals surface area contributed by atoms with E-state index in [0.717, 1.165) is 4.90 Å². The van der Waals surface area contributed by atoms with Crippen molar-refractivity contribution < 1.29 is 18.0 Å². The van der Waals surface area contributed by atoms with Crippen molar-refractivity contribution in [3.05, 3.63) is 0 Å². The summed E-state index contributed by atoms with van der Waals surface area (Å²) in [6, 6.07) is -0.493. The zero-order chi connectivity index (χ0) is 14.3. The number of imide groups is 1. The third-order valence-electron chi connectivity index (χ3n) is 3.72. The Hall–Kier alpha value is -1.15. The van der Waals surface area contributed by atoms with E-state index in [1.54, 1.807) is 13.8 Å². The van der Waals surface area contributed by atoms with Gasteiger partial charge in [0.15, 0.2) is 9.84 Å². The molecular formula is C11H19N3O4S. The van der Waals surface area contributed by atoms with Crippen LogP contribution in [0.25, 0.3) is 0 Å². The largest absolute Gasteiger partial charge is 0.325 e. The van der Waals surface area contributed by atoms with E-state index in [2.05, 4.69) is 10.6 Å². The van der Waals surface area contributed by atoms with Crippen molar-refractivity contribution in [1.29, 1.82) is 0 Å². The average Bonchev–Trinajstić information content (AvgIpc) is 2.86. The van der Waals surface area contributed by atoms with Crippen LogP contribution in [0, 0.1) is 0 Å². The van der Waals surface area contributed by atoms with Gasteiger partial charge in [0.05, 0.1) is 11.0 Å². The lowest BCUT2D eigenvalue weighted by atomic mass is 9.99. The molecule has 2 saturated heterocycles. The molecule has 2 aliphatic rings. The highest BCUT2D eigenvalue weighted by Crippen LogP contribution is 2.24. The minimum atomic E-state index is -3.26. The summed E-state index contributed by atoms with van der Waals surface area (Å²) in [5.74, 6) is -0.505. The van der Waals surface area contributed by atoms with Crippen molar-refractivity contribution >= 4 is 21.8 Å². The SMILES string of the molecule is CC(C)S(=O)(=O)CCN1C(=O)NC2(CCNC2)C1=O. The number of nitrogens with one attached hydrogen (secondary N) is 2. The van der Waals surface area contributed by atoms with E-state index >= 15 is 0 Å². The van der Waals surface area contributed by atoms with E-state index in [-0.39, 0.29) is 18.2 Å². The fraction of sp³-hybridized carbons (Fsp3) is 0.818. The summed E-state index contributed by atoms with van der Waals surface area (Å²) >= 11 is 0. The van der Waals surface area contributed by atoms with E-state index in [0.29, 0.717) is 19.5 Å². The Labute approximate surface area is 112 Å². The summed E-state index contributed by atoms with van der Waals surface area (Å²) < 4.78 is 23.5. The van der Waals surface area contributed by atoms with Gasteiger partial charge in [-0.15, -0.1) is 0 Å². The monoisotopic (exact) mass is 289 g/mol. The van der Waals surface area contributed by atoms with E-state index in [1.165, 1.54) is 0 Å². The molecule has 7 nitrogen and oxygen atoms in total. The molecule has 2 heterocycles. The molecule has 0 aromatic rings. The molecule has 19 heavy (non-hydrogen) atoms. The number of nitrogens with zero attached hydrogens (tertiary/aromatic N) is 1. The van der Waals surface area contributed by atoms with Gasteiger partial charge in [-0.2, -0.15) is 0 Å². The first-order valence-corrected chi connectivity index (χ1v) is 8.06. The Morgan fingerprint density at radius 3 is 2.58 bits per heavy atom. The van der Waals surface area contributed by atoms with Gasteiger partial charge in [0.25, 0.3) is 5.91 Å². The van der Waals surface area contributed by atoms with Crippen LogP contribution in [-0.4, -0.2) is 61.4 Å². The smallest absolute Gasteiger partial charge is 0.322 e. The van der Waals surface area contributed by atoms with Crippen LogP contribution in [0.5, 0.6) is 0 Å². The number of carbonyl (C=O) groups excluding carboxylic acids is 2. The molecule has 108 valence electrons. The van der Waals surface area contributed by atoms with Crippen molar-refractivity contribution in [2.45, 2.75) is 31.1 Å². The second-order valence-corrected chi connectivity index (χ2v) is 7.99. The minimum Gasteiger partial charge on any atom is -0.322 e. The van der Waals surface area contributed by atoms with Gasteiger partial charge in [-0.05, 0) is 26.8 Å². The first kappa shape index (κ1) is 14.3. The van der Waals surface area contributed by atoms with Gasteiger partial charge in [-0.3, -0.25) is 9.69 Å². The lowest BCUT2D eigenvalue weighted by Gasteiger charge is -2.19. The molecule has 0 bridgehead atoms. The van der Waals surface area contributed by atoms with Crippen LogP contribution >= 0.6 is 0 Å². The maximum atomic E-state index is 12.2. The average molecular weight is 289 g/mol. The molecule has 1 spiro atoms. The number of urea groups is 1. The third-order valence-corrected chi connectivity index (χ3v) is 5.91. The summed E-state index contributed by atoms with van der Waals surface area (Å²) in [6.07, 6.45) is 0.547. The quantitative estimate of drug-likeness (QED) is 0.654. The fourth-order valence-electron chi connectivity index (χ4n) is 2.31. The van der Waals surface area contributed by atoms with E-state index in [9.17, 15) is 18.0 Å². The zero-order valence-corrected chi connectivity index (χ0v) is 11.9. The lowest BCUT2D eigenvalue weighted by molar-refractivity contribution is -0.130. The van der Waals surface area contributed by atoms with E-state index < -0.39 is 26.7 Å². The van der Waals surface area contributed by atoms with Crippen LogP contribution in [-0.2, 0) is 14.6 Å². The van der Waals surface area contributed by atoms with Gasteiger partial charge < -0.3 is 10.6 Å². The number of carbonyl (C=O) groups is 2. The predicted octanol–water partition coefficient (Wildman–Crippen LogP) is -0.906. The van der Waals surface area contributed by atoms with E-state index in [1.807, 2.05) is 0 Å². The molecule has 0 aliphatic carbocycles. The van der Waals surface area contributed by atoms with Crippen molar-refractivity contribution in [1.82, 2.24) is 15.5 Å². The Balaban J connectivity index is 2.06. The van der Waals surface area contributed by atoms with Gasteiger partial charge in [0.2, 0.25) is 0 Å². The van der Waals surface area contributed by atoms with Crippen molar-refractivity contribution in [3.8, 4) is 0 Å². The molecule has 1 unspecified atom stereocenters. The second kappa shape index (κ2) is 4.75. The van der Waals surface area contributed by atoms with Gasteiger partial charge in [-0.1, -0.05) is 0 Å². The molecule has 0 radical (unpaired) electrons. The maximum Gasteiger partial charge on any atom is 0.325 e. The standard InChI is InChI=1S/C11H19N3O4S/c1-8(2)19(17,18)6-5-14-9(15)11(13-10(14)16)3-4-12-7-11/h8,12H,3-7H2,1-2H3,(H,13,16). The zero-order valence-electron chi connectivity index (χ0n) is 11.1. The molecule has 2 aliphatic heterocycles. The number of hydrogen-bond acceptors (Lipinski definition) is 5. The van der Waals surface area contributed by atoms with Crippen LogP contribution in [0.3, 0.4) is 0 Å².